The van der Waals surface area contributed by atoms with Crippen molar-refractivity contribution >= 4 is 5.97 Å². The number of methoxy groups -OCH3 is 1. The minimum absolute atomic E-state index is 0.163. The molecule has 0 radical (unpaired) electrons. The van der Waals surface area contributed by atoms with Crippen LogP contribution in [0.4, 0.5) is 0 Å². The third-order valence-electron chi connectivity index (χ3n) is 3.53. The van der Waals surface area contributed by atoms with Crippen LogP contribution in [0.1, 0.15) is 34.5 Å². The summed E-state index contributed by atoms with van der Waals surface area (Å²) in [5.41, 5.74) is 4.44. The highest BCUT2D eigenvalue weighted by Crippen LogP contribution is 2.32. The maximum absolute atomic E-state index is 11.1. The van der Waals surface area contributed by atoms with Gasteiger partial charge in [-0.15, -0.1) is 0 Å². The van der Waals surface area contributed by atoms with E-state index in [0.717, 1.165) is 22.3 Å². The molecule has 0 fully saturated rings. The highest BCUT2D eigenvalue weighted by atomic mass is 16.5. The first-order valence-electron chi connectivity index (χ1n) is 6.50. The average molecular weight is 270 g/mol. The van der Waals surface area contributed by atoms with E-state index in [9.17, 15) is 4.79 Å². The van der Waals surface area contributed by atoms with Crippen molar-refractivity contribution in [2.45, 2.75) is 20.0 Å². The van der Waals surface area contributed by atoms with Crippen molar-refractivity contribution in [1.82, 2.24) is 0 Å². The Labute approximate surface area is 118 Å². The van der Waals surface area contributed by atoms with Crippen LogP contribution in [0.3, 0.4) is 0 Å². The largest absolute Gasteiger partial charge is 0.478 e. The van der Waals surface area contributed by atoms with Gasteiger partial charge in [0, 0.05) is 7.11 Å². The Morgan fingerprint density at radius 3 is 2.45 bits per heavy atom. The highest BCUT2D eigenvalue weighted by molar-refractivity contribution is 5.89. The number of carbonyl (C=O) groups is 1. The zero-order chi connectivity index (χ0) is 14.7. The molecule has 0 amide bonds. The normalized spacial score (nSPS) is 12.2. The summed E-state index contributed by atoms with van der Waals surface area (Å²) in [6.07, 6.45) is -0.163. The Kier molecular flexibility index (Phi) is 4.20. The molecule has 104 valence electrons. The molecule has 1 unspecified atom stereocenters. The van der Waals surface area contributed by atoms with Crippen LogP contribution in [0, 0.1) is 6.92 Å². The van der Waals surface area contributed by atoms with Gasteiger partial charge in [-0.3, -0.25) is 0 Å². The van der Waals surface area contributed by atoms with E-state index in [1.54, 1.807) is 19.2 Å². The summed E-state index contributed by atoms with van der Waals surface area (Å²) in [5.74, 6) is -0.925. The number of carboxylic acid groups (broad SMARTS) is 1. The average Bonchev–Trinajstić information content (AvgIpc) is 2.46. The summed E-state index contributed by atoms with van der Waals surface area (Å²) in [5, 5.41) is 9.14. The lowest BCUT2D eigenvalue weighted by Gasteiger charge is -2.17. The molecule has 2 aromatic rings. The second kappa shape index (κ2) is 5.88. The predicted molar refractivity (Wildman–Crippen MR) is 79.0 cm³/mol. The fourth-order valence-corrected chi connectivity index (χ4v) is 2.28. The van der Waals surface area contributed by atoms with Crippen molar-refractivity contribution in [1.29, 1.82) is 0 Å². The molecule has 1 N–H and O–H groups in total. The standard InChI is InChI=1S/C17H18O3/c1-11-6-4-5-7-14(11)15-9-8-13(17(18)19)10-16(15)12(2)20-3/h4-10,12H,1-3H3,(H,18,19). The van der Waals surface area contributed by atoms with Crippen molar-refractivity contribution in [2.75, 3.05) is 7.11 Å². The smallest absolute Gasteiger partial charge is 0.335 e. The first-order chi connectivity index (χ1) is 9.54. The summed E-state index contributed by atoms with van der Waals surface area (Å²) >= 11 is 0. The fraction of sp³-hybridized carbons (Fsp3) is 0.235. The van der Waals surface area contributed by atoms with Crippen molar-refractivity contribution in [3.05, 3.63) is 59.2 Å². The lowest BCUT2D eigenvalue weighted by Crippen LogP contribution is -2.04. The minimum Gasteiger partial charge on any atom is -0.478 e. The van der Waals surface area contributed by atoms with Gasteiger partial charge >= 0.3 is 5.97 Å². The van der Waals surface area contributed by atoms with Crippen LogP contribution in [-0.4, -0.2) is 18.2 Å². The maximum Gasteiger partial charge on any atom is 0.335 e. The maximum atomic E-state index is 11.1. The molecule has 0 aliphatic carbocycles. The lowest BCUT2D eigenvalue weighted by molar-refractivity contribution is 0.0696. The zero-order valence-corrected chi connectivity index (χ0v) is 11.9. The molecule has 0 saturated carbocycles. The molecule has 0 aliphatic heterocycles. The Morgan fingerprint density at radius 1 is 1.15 bits per heavy atom. The first-order valence-corrected chi connectivity index (χ1v) is 6.50. The number of carboxylic acids is 1. The Bertz CT molecular complexity index is 632. The van der Waals surface area contributed by atoms with E-state index < -0.39 is 5.97 Å². The van der Waals surface area contributed by atoms with Gasteiger partial charge in [0.15, 0.2) is 0 Å². The van der Waals surface area contributed by atoms with Gasteiger partial charge in [0.1, 0.15) is 0 Å². The number of rotatable bonds is 4. The molecule has 0 aromatic heterocycles. The monoisotopic (exact) mass is 270 g/mol. The molecular weight excluding hydrogens is 252 g/mol. The molecule has 0 bridgehead atoms. The highest BCUT2D eigenvalue weighted by Gasteiger charge is 2.15. The SMILES string of the molecule is COC(C)c1cc(C(=O)O)ccc1-c1ccccc1C. The summed E-state index contributed by atoms with van der Waals surface area (Å²) < 4.78 is 5.38. The van der Waals surface area contributed by atoms with E-state index >= 15 is 0 Å². The van der Waals surface area contributed by atoms with Gasteiger partial charge in [-0.1, -0.05) is 30.3 Å². The van der Waals surface area contributed by atoms with Gasteiger partial charge in [-0.2, -0.15) is 0 Å². The van der Waals surface area contributed by atoms with E-state index in [2.05, 4.69) is 0 Å². The second-order valence-electron chi connectivity index (χ2n) is 4.80. The molecule has 0 heterocycles. The quantitative estimate of drug-likeness (QED) is 0.911. The number of benzene rings is 2. The number of hydrogen-bond acceptors (Lipinski definition) is 2. The summed E-state index contributed by atoms with van der Waals surface area (Å²) in [6, 6.07) is 13.2. The van der Waals surface area contributed by atoms with E-state index in [1.807, 2.05) is 44.2 Å². The Hall–Kier alpha value is -2.13. The molecular formula is C17H18O3. The van der Waals surface area contributed by atoms with Crippen molar-refractivity contribution < 1.29 is 14.6 Å². The van der Waals surface area contributed by atoms with Gasteiger partial charge in [0.05, 0.1) is 11.7 Å². The van der Waals surface area contributed by atoms with Crippen LogP contribution < -0.4 is 0 Å². The predicted octanol–water partition coefficient (Wildman–Crippen LogP) is 4.07. The molecule has 1 atom stereocenters. The summed E-state index contributed by atoms with van der Waals surface area (Å²) in [6.45, 7) is 3.96. The molecule has 3 heteroatoms. The third kappa shape index (κ3) is 2.73. The van der Waals surface area contributed by atoms with Gasteiger partial charge in [0.2, 0.25) is 0 Å². The second-order valence-corrected chi connectivity index (χ2v) is 4.80. The number of hydrogen-bond donors (Lipinski definition) is 1. The molecule has 0 spiro atoms. The van der Waals surface area contributed by atoms with Crippen molar-refractivity contribution in [3.8, 4) is 11.1 Å². The number of ether oxygens (including phenoxy) is 1. The molecule has 3 nitrogen and oxygen atoms in total. The lowest BCUT2D eigenvalue weighted by atomic mass is 9.92. The van der Waals surface area contributed by atoms with Crippen molar-refractivity contribution in [3.63, 3.8) is 0 Å². The Balaban J connectivity index is 2.64. The molecule has 20 heavy (non-hydrogen) atoms. The van der Waals surface area contributed by atoms with Crippen LogP contribution in [0.15, 0.2) is 42.5 Å². The number of aromatic carboxylic acids is 1. The van der Waals surface area contributed by atoms with Gasteiger partial charge < -0.3 is 9.84 Å². The van der Waals surface area contributed by atoms with Crippen LogP contribution in [0.2, 0.25) is 0 Å². The molecule has 2 aromatic carbocycles. The van der Waals surface area contributed by atoms with E-state index in [0.29, 0.717) is 0 Å². The van der Waals surface area contributed by atoms with E-state index in [4.69, 9.17) is 9.84 Å². The van der Waals surface area contributed by atoms with Gasteiger partial charge in [-0.05, 0) is 48.2 Å². The first kappa shape index (κ1) is 14.3. The summed E-state index contributed by atoms with van der Waals surface area (Å²) in [4.78, 5) is 11.1. The van der Waals surface area contributed by atoms with Crippen LogP contribution in [-0.2, 0) is 4.74 Å². The molecule has 2 rings (SSSR count). The van der Waals surface area contributed by atoms with Gasteiger partial charge in [0.25, 0.3) is 0 Å². The Morgan fingerprint density at radius 2 is 1.85 bits per heavy atom. The third-order valence-corrected chi connectivity index (χ3v) is 3.53. The van der Waals surface area contributed by atoms with Crippen LogP contribution in [0.5, 0.6) is 0 Å². The van der Waals surface area contributed by atoms with Gasteiger partial charge in [-0.25, -0.2) is 4.79 Å². The van der Waals surface area contributed by atoms with E-state index in [1.165, 1.54) is 0 Å². The van der Waals surface area contributed by atoms with E-state index in [-0.39, 0.29) is 11.7 Å². The molecule has 0 saturated heterocycles. The zero-order valence-electron chi connectivity index (χ0n) is 11.9. The fourth-order valence-electron chi connectivity index (χ4n) is 2.28. The molecule has 0 aliphatic rings. The van der Waals surface area contributed by atoms with Crippen LogP contribution in [0.25, 0.3) is 11.1 Å². The summed E-state index contributed by atoms with van der Waals surface area (Å²) in [7, 11) is 1.62. The minimum atomic E-state index is -0.925. The number of aryl methyl sites for hydroxylation is 1. The van der Waals surface area contributed by atoms with Crippen molar-refractivity contribution in [2.24, 2.45) is 0 Å². The van der Waals surface area contributed by atoms with Crippen LogP contribution >= 0.6 is 0 Å². The topological polar surface area (TPSA) is 46.5 Å².